The summed E-state index contributed by atoms with van der Waals surface area (Å²) in [5.41, 5.74) is 2.02. The minimum Gasteiger partial charge on any atom is -0.481 e. The van der Waals surface area contributed by atoms with Gasteiger partial charge in [-0.05, 0) is 41.8 Å². The number of hydrogen-bond donors (Lipinski definition) is 1. The van der Waals surface area contributed by atoms with Crippen molar-refractivity contribution in [1.29, 1.82) is 0 Å². The first-order valence-electron chi connectivity index (χ1n) is 6.35. The van der Waals surface area contributed by atoms with Gasteiger partial charge in [-0.2, -0.15) is 0 Å². The van der Waals surface area contributed by atoms with E-state index in [-0.39, 0.29) is 6.42 Å². The Hall–Kier alpha value is -1.45. The molecule has 0 saturated heterocycles. The van der Waals surface area contributed by atoms with Crippen molar-refractivity contribution in [2.75, 3.05) is 0 Å². The standard InChI is InChI=1S/C16H15ClO2S/c1-2-11-5-8-15(14(17)9-11)20-13-6-3-12(4-7-13)10-16(18)19/h3-9H,2,10H2,1H3,(H,18,19). The maximum absolute atomic E-state index is 10.6. The van der Waals surface area contributed by atoms with Crippen LogP contribution in [0.25, 0.3) is 0 Å². The highest BCUT2D eigenvalue weighted by molar-refractivity contribution is 7.99. The predicted octanol–water partition coefficient (Wildman–Crippen LogP) is 4.68. The molecule has 0 spiro atoms. The molecule has 4 heteroatoms. The van der Waals surface area contributed by atoms with Crippen LogP contribution in [0, 0.1) is 0 Å². The molecule has 1 N–H and O–H groups in total. The normalized spacial score (nSPS) is 10.5. The van der Waals surface area contributed by atoms with E-state index in [0.717, 1.165) is 26.8 Å². The Labute approximate surface area is 127 Å². The molecule has 0 aliphatic rings. The number of halogens is 1. The molecule has 0 saturated carbocycles. The molecule has 2 aromatic carbocycles. The Balaban J connectivity index is 2.12. The Kier molecular flexibility index (Phi) is 5.10. The zero-order valence-corrected chi connectivity index (χ0v) is 12.7. The molecule has 0 atom stereocenters. The van der Waals surface area contributed by atoms with Gasteiger partial charge >= 0.3 is 5.97 Å². The van der Waals surface area contributed by atoms with Gasteiger partial charge < -0.3 is 5.11 Å². The smallest absolute Gasteiger partial charge is 0.307 e. The minimum absolute atomic E-state index is 0.0525. The highest BCUT2D eigenvalue weighted by atomic mass is 35.5. The summed E-state index contributed by atoms with van der Waals surface area (Å²) in [7, 11) is 0. The van der Waals surface area contributed by atoms with Crippen molar-refractivity contribution in [1.82, 2.24) is 0 Å². The summed E-state index contributed by atoms with van der Waals surface area (Å²) in [6.45, 7) is 2.10. The molecule has 2 rings (SSSR count). The van der Waals surface area contributed by atoms with Crippen LogP contribution in [0.15, 0.2) is 52.3 Å². The molecule has 20 heavy (non-hydrogen) atoms. The minimum atomic E-state index is -0.816. The summed E-state index contributed by atoms with van der Waals surface area (Å²) in [6.07, 6.45) is 1.02. The van der Waals surface area contributed by atoms with Crippen LogP contribution in [0.4, 0.5) is 0 Å². The van der Waals surface area contributed by atoms with E-state index in [2.05, 4.69) is 13.0 Å². The van der Waals surface area contributed by atoms with Crippen molar-refractivity contribution in [2.24, 2.45) is 0 Å². The number of hydrogen-bond acceptors (Lipinski definition) is 2. The molecule has 0 aromatic heterocycles. The topological polar surface area (TPSA) is 37.3 Å². The van der Waals surface area contributed by atoms with Crippen LogP contribution in [-0.4, -0.2) is 11.1 Å². The van der Waals surface area contributed by atoms with E-state index in [1.54, 1.807) is 11.8 Å². The first kappa shape index (κ1) is 14.9. The summed E-state index contributed by atoms with van der Waals surface area (Å²) < 4.78 is 0. The summed E-state index contributed by atoms with van der Waals surface area (Å²) in [4.78, 5) is 12.7. The maximum atomic E-state index is 10.6. The van der Waals surface area contributed by atoms with Crippen molar-refractivity contribution in [3.63, 3.8) is 0 Å². The summed E-state index contributed by atoms with van der Waals surface area (Å²) in [6, 6.07) is 13.6. The first-order valence-corrected chi connectivity index (χ1v) is 7.55. The highest BCUT2D eigenvalue weighted by Crippen LogP contribution is 2.34. The number of benzene rings is 2. The molecule has 0 bridgehead atoms. The SMILES string of the molecule is CCc1ccc(Sc2ccc(CC(=O)O)cc2)c(Cl)c1. The van der Waals surface area contributed by atoms with E-state index in [9.17, 15) is 4.79 Å². The molecular formula is C16H15ClO2S. The van der Waals surface area contributed by atoms with E-state index in [1.165, 1.54) is 5.56 Å². The van der Waals surface area contributed by atoms with Gasteiger partial charge in [0.25, 0.3) is 0 Å². The fourth-order valence-corrected chi connectivity index (χ4v) is 2.96. The molecule has 104 valence electrons. The van der Waals surface area contributed by atoms with E-state index in [0.29, 0.717) is 0 Å². The second kappa shape index (κ2) is 6.82. The number of carboxylic acid groups (broad SMARTS) is 1. The second-order valence-electron chi connectivity index (χ2n) is 4.43. The van der Waals surface area contributed by atoms with Gasteiger partial charge in [0.15, 0.2) is 0 Å². The largest absolute Gasteiger partial charge is 0.481 e. The lowest BCUT2D eigenvalue weighted by Crippen LogP contribution is -1.99. The maximum Gasteiger partial charge on any atom is 0.307 e. The molecule has 2 nitrogen and oxygen atoms in total. The second-order valence-corrected chi connectivity index (χ2v) is 5.96. The lowest BCUT2D eigenvalue weighted by Gasteiger charge is -2.06. The highest BCUT2D eigenvalue weighted by Gasteiger charge is 2.05. The van der Waals surface area contributed by atoms with E-state index in [4.69, 9.17) is 16.7 Å². The van der Waals surface area contributed by atoms with Crippen molar-refractivity contribution in [3.8, 4) is 0 Å². The molecule has 0 heterocycles. The quantitative estimate of drug-likeness (QED) is 0.871. The van der Waals surface area contributed by atoms with Gasteiger partial charge in [-0.15, -0.1) is 0 Å². The zero-order valence-electron chi connectivity index (χ0n) is 11.1. The van der Waals surface area contributed by atoms with Crippen LogP contribution in [0.5, 0.6) is 0 Å². The molecule has 0 amide bonds. The fraction of sp³-hybridized carbons (Fsp3) is 0.188. The van der Waals surface area contributed by atoms with Crippen LogP contribution in [0.2, 0.25) is 5.02 Å². The molecule has 0 aliphatic carbocycles. The zero-order chi connectivity index (χ0) is 14.5. The third-order valence-corrected chi connectivity index (χ3v) is 4.42. The average molecular weight is 307 g/mol. The van der Waals surface area contributed by atoms with E-state index in [1.807, 2.05) is 36.4 Å². The molecule has 0 fully saturated rings. The number of carbonyl (C=O) groups is 1. The van der Waals surface area contributed by atoms with Gasteiger partial charge in [0.05, 0.1) is 11.4 Å². The first-order chi connectivity index (χ1) is 9.58. The third kappa shape index (κ3) is 4.02. The number of carboxylic acids is 1. The van der Waals surface area contributed by atoms with Gasteiger partial charge in [0, 0.05) is 9.79 Å². The van der Waals surface area contributed by atoms with Gasteiger partial charge in [-0.25, -0.2) is 0 Å². The van der Waals surface area contributed by atoms with Crippen LogP contribution in [-0.2, 0) is 17.6 Å². The molecule has 0 unspecified atom stereocenters. The summed E-state index contributed by atoms with van der Waals surface area (Å²) in [5, 5.41) is 9.49. The average Bonchev–Trinajstić information content (AvgIpc) is 2.42. The van der Waals surface area contributed by atoms with Crippen molar-refractivity contribution < 1.29 is 9.90 Å². The number of rotatable bonds is 5. The Bertz CT molecular complexity index is 608. The lowest BCUT2D eigenvalue weighted by atomic mass is 10.2. The Morgan fingerprint density at radius 2 is 1.80 bits per heavy atom. The monoisotopic (exact) mass is 306 g/mol. The molecule has 0 aliphatic heterocycles. The van der Waals surface area contributed by atoms with Crippen LogP contribution in [0.1, 0.15) is 18.1 Å². The lowest BCUT2D eigenvalue weighted by molar-refractivity contribution is -0.136. The van der Waals surface area contributed by atoms with Crippen LogP contribution < -0.4 is 0 Å². The van der Waals surface area contributed by atoms with Crippen molar-refractivity contribution >= 4 is 29.3 Å². The Morgan fingerprint density at radius 1 is 1.15 bits per heavy atom. The van der Waals surface area contributed by atoms with Gasteiger partial charge in [0.1, 0.15) is 0 Å². The van der Waals surface area contributed by atoms with E-state index < -0.39 is 5.97 Å². The van der Waals surface area contributed by atoms with Crippen molar-refractivity contribution in [2.45, 2.75) is 29.6 Å². The van der Waals surface area contributed by atoms with Crippen LogP contribution >= 0.6 is 23.4 Å². The predicted molar refractivity (Wildman–Crippen MR) is 82.7 cm³/mol. The Morgan fingerprint density at radius 3 is 2.35 bits per heavy atom. The van der Waals surface area contributed by atoms with Gasteiger partial charge in [-0.1, -0.05) is 48.5 Å². The molecule has 2 aromatic rings. The third-order valence-electron chi connectivity index (χ3n) is 2.91. The number of aliphatic carboxylic acids is 1. The van der Waals surface area contributed by atoms with Crippen molar-refractivity contribution in [3.05, 3.63) is 58.6 Å². The molecular weight excluding hydrogens is 292 g/mol. The van der Waals surface area contributed by atoms with Gasteiger partial charge in [0.2, 0.25) is 0 Å². The molecule has 0 radical (unpaired) electrons. The summed E-state index contributed by atoms with van der Waals surface area (Å²) >= 11 is 7.84. The van der Waals surface area contributed by atoms with Crippen LogP contribution in [0.3, 0.4) is 0 Å². The van der Waals surface area contributed by atoms with Gasteiger partial charge in [-0.3, -0.25) is 4.79 Å². The van der Waals surface area contributed by atoms with E-state index >= 15 is 0 Å². The fourth-order valence-electron chi connectivity index (χ4n) is 1.82. The number of aryl methyl sites for hydroxylation is 1. The summed E-state index contributed by atoms with van der Waals surface area (Å²) in [5.74, 6) is -0.816.